The van der Waals surface area contributed by atoms with Gasteiger partial charge in [0.25, 0.3) is 5.91 Å². The molecule has 2 aromatic rings. The molecule has 0 aromatic carbocycles. The minimum absolute atomic E-state index is 0.0147. The molecule has 24 heavy (non-hydrogen) atoms. The van der Waals surface area contributed by atoms with Crippen molar-refractivity contribution in [3.8, 4) is 5.88 Å². The van der Waals surface area contributed by atoms with Gasteiger partial charge in [-0.15, -0.1) is 11.3 Å². The molecule has 0 aliphatic rings. The van der Waals surface area contributed by atoms with Crippen LogP contribution in [0.1, 0.15) is 60.9 Å². The molecule has 0 aliphatic carbocycles. The van der Waals surface area contributed by atoms with E-state index in [4.69, 9.17) is 4.74 Å². The average Bonchev–Trinajstić information content (AvgIpc) is 3.00. The van der Waals surface area contributed by atoms with Gasteiger partial charge in [0.05, 0.1) is 18.8 Å². The molecule has 0 aliphatic heterocycles. The van der Waals surface area contributed by atoms with Gasteiger partial charge in [-0.3, -0.25) is 4.79 Å². The zero-order chi connectivity index (χ0) is 17.7. The summed E-state index contributed by atoms with van der Waals surface area (Å²) in [6.45, 7) is 11.2. The predicted octanol–water partition coefficient (Wildman–Crippen LogP) is 3.86. The second-order valence-corrected chi connectivity index (χ2v) is 7.66. The van der Waals surface area contributed by atoms with Crippen molar-refractivity contribution in [1.29, 1.82) is 0 Å². The number of ether oxygens (including phenoxy) is 1. The zero-order valence-corrected chi connectivity index (χ0v) is 15.8. The monoisotopic (exact) mass is 347 g/mol. The molecule has 6 heteroatoms. The average molecular weight is 347 g/mol. The maximum absolute atomic E-state index is 12.5. The van der Waals surface area contributed by atoms with Crippen molar-refractivity contribution in [2.75, 3.05) is 6.61 Å². The summed E-state index contributed by atoms with van der Waals surface area (Å²) in [7, 11) is 0. The highest BCUT2D eigenvalue weighted by Crippen LogP contribution is 2.24. The van der Waals surface area contributed by atoms with Gasteiger partial charge in [0, 0.05) is 16.5 Å². The van der Waals surface area contributed by atoms with E-state index >= 15 is 0 Å². The van der Waals surface area contributed by atoms with Crippen LogP contribution in [0.3, 0.4) is 0 Å². The molecule has 2 aromatic heterocycles. The Morgan fingerprint density at radius 1 is 1.29 bits per heavy atom. The molecule has 1 amide bonds. The number of hydrogen-bond donors (Lipinski definition) is 1. The predicted molar refractivity (Wildman–Crippen MR) is 96.7 cm³/mol. The summed E-state index contributed by atoms with van der Waals surface area (Å²) in [4.78, 5) is 21.4. The van der Waals surface area contributed by atoms with Gasteiger partial charge in [0.15, 0.2) is 0 Å². The third kappa shape index (κ3) is 4.77. The summed E-state index contributed by atoms with van der Waals surface area (Å²) >= 11 is 1.56. The fourth-order valence-corrected chi connectivity index (χ4v) is 2.96. The minimum atomic E-state index is -0.193. The summed E-state index contributed by atoms with van der Waals surface area (Å²) in [5.41, 5.74) is 2.34. The fourth-order valence-electron chi connectivity index (χ4n) is 2.00. The molecule has 0 fully saturated rings. The normalized spacial score (nSPS) is 11.4. The van der Waals surface area contributed by atoms with Crippen LogP contribution in [-0.2, 0) is 12.0 Å². The van der Waals surface area contributed by atoms with E-state index in [9.17, 15) is 4.79 Å². The first-order valence-electron chi connectivity index (χ1n) is 8.14. The summed E-state index contributed by atoms with van der Waals surface area (Å²) in [5.74, 6) is 0.199. The number of rotatable bonds is 6. The number of thiazole rings is 1. The van der Waals surface area contributed by atoms with Crippen LogP contribution in [0, 0.1) is 6.92 Å². The van der Waals surface area contributed by atoms with Crippen molar-refractivity contribution in [1.82, 2.24) is 15.3 Å². The summed E-state index contributed by atoms with van der Waals surface area (Å²) in [5, 5.41) is 5.84. The Hall–Kier alpha value is -1.95. The van der Waals surface area contributed by atoms with Crippen molar-refractivity contribution in [2.24, 2.45) is 0 Å². The van der Waals surface area contributed by atoms with Gasteiger partial charge in [-0.1, -0.05) is 27.7 Å². The van der Waals surface area contributed by atoms with Gasteiger partial charge < -0.3 is 10.1 Å². The molecule has 0 spiro atoms. The van der Waals surface area contributed by atoms with Crippen LogP contribution >= 0.6 is 11.3 Å². The summed E-state index contributed by atoms with van der Waals surface area (Å²) in [6, 6.07) is 3.57. The molecule has 130 valence electrons. The van der Waals surface area contributed by atoms with E-state index in [1.807, 2.05) is 25.3 Å². The Balaban J connectivity index is 2.06. The third-order valence-corrected chi connectivity index (χ3v) is 4.26. The first kappa shape index (κ1) is 18.4. The molecule has 0 atom stereocenters. The van der Waals surface area contributed by atoms with Crippen LogP contribution in [0.5, 0.6) is 5.88 Å². The van der Waals surface area contributed by atoms with Gasteiger partial charge >= 0.3 is 0 Å². The van der Waals surface area contributed by atoms with E-state index in [0.29, 0.717) is 24.6 Å². The molecule has 2 heterocycles. The molecular weight excluding hydrogens is 322 g/mol. The molecule has 5 nitrogen and oxygen atoms in total. The molecule has 0 unspecified atom stereocenters. The molecule has 2 rings (SSSR count). The number of carbonyl (C=O) groups is 1. The number of amides is 1. The van der Waals surface area contributed by atoms with E-state index in [2.05, 4.69) is 36.1 Å². The fraction of sp³-hybridized carbons (Fsp3) is 0.500. The summed E-state index contributed by atoms with van der Waals surface area (Å²) < 4.78 is 5.60. The third-order valence-electron chi connectivity index (χ3n) is 3.41. The van der Waals surface area contributed by atoms with Crippen molar-refractivity contribution in [3.63, 3.8) is 0 Å². The van der Waals surface area contributed by atoms with Gasteiger partial charge in [-0.25, -0.2) is 9.97 Å². The lowest BCUT2D eigenvalue weighted by molar-refractivity contribution is 0.0945. The van der Waals surface area contributed by atoms with Crippen LogP contribution in [-0.4, -0.2) is 22.5 Å². The van der Waals surface area contributed by atoms with Crippen molar-refractivity contribution in [2.45, 2.75) is 53.0 Å². The number of nitrogens with one attached hydrogen (secondary N) is 1. The van der Waals surface area contributed by atoms with E-state index in [1.54, 1.807) is 17.4 Å². The molecule has 0 radical (unpaired) electrons. The number of carbonyl (C=O) groups excluding carboxylic acids is 1. The Morgan fingerprint density at radius 3 is 2.67 bits per heavy atom. The first-order chi connectivity index (χ1) is 11.3. The minimum Gasteiger partial charge on any atom is -0.477 e. The highest BCUT2D eigenvalue weighted by Gasteiger charge is 2.18. The molecule has 0 bridgehead atoms. The van der Waals surface area contributed by atoms with Gasteiger partial charge in [-0.05, 0) is 25.5 Å². The number of nitrogens with zero attached hydrogens (tertiary/aromatic N) is 2. The summed E-state index contributed by atoms with van der Waals surface area (Å²) in [6.07, 6.45) is 0.866. The Labute approximate surface area is 147 Å². The molecule has 1 N–H and O–H groups in total. The lowest BCUT2D eigenvalue weighted by Crippen LogP contribution is -2.24. The number of aryl methyl sites for hydroxylation is 1. The Bertz CT molecular complexity index is 705. The maximum Gasteiger partial charge on any atom is 0.257 e. The number of aromatic nitrogens is 2. The maximum atomic E-state index is 12.5. The van der Waals surface area contributed by atoms with E-state index < -0.39 is 0 Å². The Morgan fingerprint density at radius 2 is 2.04 bits per heavy atom. The van der Waals surface area contributed by atoms with Crippen LogP contribution in [0.4, 0.5) is 0 Å². The van der Waals surface area contributed by atoms with Gasteiger partial charge in [0.1, 0.15) is 10.6 Å². The first-order valence-corrected chi connectivity index (χ1v) is 9.02. The SMILES string of the molecule is CCCOc1nc(C)ccc1C(=O)NCc1nc(C(C)(C)C)cs1. The lowest BCUT2D eigenvalue weighted by Gasteiger charge is -2.14. The van der Waals surface area contributed by atoms with Crippen molar-refractivity contribution in [3.05, 3.63) is 39.5 Å². The van der Waals surface area contributed by atoms with E-state index in [1.165, 1.54) is 0 Å². The topological polar surface area (TPSA) is 64.1 Å². The van der Waals surface area contributed by atoms with Crippen molar-refractivity contribution >= 4 is 17.2 Å². The second kappa shape index (κ2) is 7.75. The highest BCUT2D eigenvalue weighted by molar-refractivity contribution is 7.09. The Kier molecular flexibility index (Phi) is 5.94. The molecule has 0 saturated carbocycles. The largest absolute Gasteiger partial charge is 0.477 e. The van der Waals surface area contributed by atoms with Crippen LogP contribution in [0.25, 0.3) is 0 Å². The van der Waals surface area contributed by atoms with E-state index in [-0.39, 0.29) is 11.3 Å². The second-order valence-electron chi connectivity index (χ2n) is 6.71. The molecular formula is C18H25N3O2S. The zero-order valence-electron chi connectivity index (χ0n) is 15.0. The quantitative estimate of drug-likeness (QED) is 0.862. The standard InChI is InChI=1S/C18H25N3O2S/c1-6-9-23-17-13(8-7-12(2)20-17)16(22)19-10-15-21-14(11-24-15)18(3,4)5/h7-8,11H,6,9-10H2,1-5H3,(H,19,22). The van der Waals surface area contributed by atoms with Gasteiger partial charge in [-0.2, -0.15) is 0 Å². The lowest BCUT2D eigenvalue weighted by atomic mass is 9.93. The van der Waals surface area contributed by atoms with E-state index in [0.717, 1.165) is 22.8 Å². The van der Waals surface area contributed by atoms with Crippen LogP contribution in [0.2, 0.25) is 0 Å². The van der Waals surface area contributed by atoms with Crippen LogP contribution < -0.4 is 10.1 Å². The molecule has 0 saturated heterocycles. The number of hydrogen-bond acceptors (Lipinski definition) is 5. The van der Waals surface area contributed by atoms with Crippen LogP contribution in [0.15, 0.2) is 17.5 Å². The highest BCUT2D eigenvalue weighted by atomic mass is 32.1. The smallest absolute Gasteiger partial charge is 0.257 e. The number of pyridine rings is 1. The van der Waals surface area contributed by atoms with Crippen molar-refractivity contribution < 1.29 is 9.53 Å². The van der Waals surface area contributed by atoms with Gasteiger partial charge in [0.2, 0.25) is 5.88 Å².